The van der Waals surface area contributed by atoms with E-state index in [1.54, 1.807) is 0 Å². The zero-order valence-corrected chi connectivity index (χ0v) is 11.5. The zero-order valence-electron chi connectivity index (χ0n) is 10.7. The van der Waals surface area contributed by atoms with E-state index in [1.807, 2.05) is 19.3 Å². The summed E-state index contributed by atoms with van der Waals surface area (Å²) in [4.78, 5) is 15.7. The highest BCUT2D eigenvalue weighted by Crippen LogP contribution is 2.03. The van der Waals surface area contributed by atoms with E-state index in [0.717, 1.165) is 44.8 Å². The summed E-state index contributed by atoms with van der Waals surface area (Å²) in [5.74, 6) is 1.45. The first-order valence-corrected chi connectivity index (χ1v) is 6.23. The largest absolute Gasteiger partial charge is 0.356 e. The van der Waals surface area contributed by atoms with Gasteiger partial charge in [-0.1, -0.05) is 0 Å². The zero-order chi connectivity index (χ0) is 12.1. The molecule has 0 unspecified atom stereocenters. The molecule has 1 amide bonds. The third-order valence-electron chi connectivity index (χ3n) is 3.20. The van der Waals surface area contributed by atoms with Crippen molar-refractivity contribution in [2.24, 2.45) is 5.92 Å². The van der Waals surface area contributed by atoms with Crippen molar-refractivity contribution in [2.75, 3.05) is 19.6 Å². The van der Waals surface area contributed by atoms with Crippen LogP contribution in [0.1, 0.15) is 18.7 Å². The summed E-state index contributed by atoms with van der Waals surface area (Å²) >= 11 is 0. The first-order valence-electron chi connectivity index (χ1n) is 6.23. The first kappa shape index (κ1) is 15.0. The molecule has 2 heterocycles. The average molecular weight is 273 g/mol. The second-order valence-electron chi connectivity index (χ2n) is 4.52. The number of amides is 1. The van der Waals surface area contributed by atoms with Gasteiger partial charge in [-0.2, -0.15) is 0 Å². The molecule has 0 radical (unpaired) electrons. The van der Waals surface area contributed by atoms with Gasteiger partial charge in [0.05, 0.1) is 5.92 Å². The minimum absolute atomic E-state index is 0. The smallest absolute Gasteiger partial charge is 0.225 e. The van der Waals surface area contributed by atoms with Crippen LogP contribution in [0.25, 0.3) is 0 Å². The van der Waals surface area contributed by atoms with Crippen molar-refractivity contribution in [3.63, 3.8) is 0 Å². The normalized spacial score (nSPS) is 14.7. The van der Waals surface area contributed by atoms with Crippen LogP contribution in [0, 0.1) is 12.8 Å². The minimum atomic E-state index is 0. The molecule has 0 atom stereocenters. The highest BCUT2D eigenvalue weighted by Gasteiger charge is 2.23. The number of halogens is 1. The molecular weight excluding hydrogens is 252 g/mol. The highest BCUT2D eigenvalue weighted by molar-refractivity contribution is 5.85. The maximum Gasteiger partial charge on any atom is 0.225 e. The molecule has 1 aromatic rings. The average Bonchev–Trinajstić information content (AvgIpc) is 2.61. The van der Waals surface area contributed by atoms with Crippen LogP contribution in [-0.4, -0.2) is 35.1 Å². The molecule has 1 saturated heterocycles. The van der Waals surface area contributed by atoms with Gasteiger partial charge < -0.3 is 15.2 Å². The summed E-state index contributed by atoms with van der Waals surface area (Å²) < 4.78 is 2.14. The predicted molar refractivity (Wildman–Crippen MR) is 72.8 cm³/mol. The fraction of sp³-hybridized carbons (Fsp3) is 0.667. The SMILES string of the molecule is Cc1nccn1CCCCNC(=O)C1CNC1.Cl. The van der Waals surface area contributed by atoms with Gasteiger partial charge in [-0.15, -0.1) is 12.4 Å². The van der Waals surface area contributed by atoms with Gasteiger partial charge in [0.1, 0.15) is 5.82 Å². The Morgan fingerprint density at radius 3 is 2.89 bits per heavy atom. The molecule has 2 rings (SSSR count). The Kier molecular flexibility index (Phi) is 6.15. The fourth-order valence-electron chi connectivity index (χ4n) is 1.88. The van der Waals surface area contributed by atoms with Crippen LogP contribution in [-0.2, 0) is 11.3 Å². The summed E-state index contributed by atoms with van der Waals surface area (Å²) in [6, 6.07) is 0. The standard InChI is InChI=1S/C12H20N4O.ClH/c1-10-14-5-7-16(10)6-3-2-4-15-12(17)11-8-13-9-11;/h5,7,11,13H,2-4,6,8-9H2,1H3,(H,15,17);1H. The minimum Gasteiger partial charge on any atom is -0.356 e. The van der Waals surface area contributed by atoms with Gasteiger partial charge in [0.2, 0.25) is 5.91 Å². The number of nitrogens with one attached hydrogen (secondary N) is 2. The molecular formula is C12H21ClN4O. The van der Waals surface area contributed by atoms with E-state index < -0.39 is 0 Å². The van der Waals surface area contributed by atoms with Crippen LogP contribution in [0.15, 0.2) is 12.4 Å². The Balaban J connectivity index is 0.00000162. The van der Waals surface area contributed by atoms with E-state index in [-0.39, 0.29) is 24.2 Å². The van der Waals surface area contributed by atoms with Gasteiger partial charge >= 0.3 is 0 Å². The number of hydrogen-bond donors (Lipinski definition) is 2. The number of carbonyl (C=O) groups excluding carboxylic acids is 1. The molecule has 6 heteroatoms. The lowest BCUT2D eigenvalue weighted by Gasteiger charge is -2.25. The monoisotopic (exact) mass is 272 g/mol. The summed E-state index contributed by atoms with van der Waals surface area (Å²) in [7, 11) is 0. The number of carbonyl (C=O) groups is 1. The molecule has 1 aliphatic heterocycles. The molecule has 0 saturated carbocycles. The third kappa shape index (κ3) is 3.99. The van der Waals surface area contributed by atoms with Gasteiger partial charge in [-0.3, -0.25) is 4.79 Å². The lowest BCUT2D eigenvalue weighted by molar-refractivity contribution is -0.126. The van der Waals surface area contributed by atoms with Crippen LogP contribution < -0.4 is 10.6 Å². The molecule has 0 aliphatic carbocycles. The number of aryl methyl sites for hydroxylation is 2. The van der Waals surface area contributed by atoms with Gasteiger partial charge in [-0.05, 0) is 19.8 Å². The van der Waals surface area contributed by atoms with Crippen molar-refractivity contribution in [2.45, 2.75) is 26.3 Å². The molecule has 18 heavy (non-hydrogen) atoms. The summed E-state index contributed by atoms with van der Waals surface area (Å²) in [6.07, 6.45) is 5.90. The van der Waals surface area contributed by atoms with Crippen LogP contribution >= 0.6 is 12.4 Å². The molecule has 1 fully saturated rings. The van der Waals surface area contributed by atoms with Crippen LogP contribution in [0.2, 0.25) is 0 Å². The van der Waals surface area contributed by atoms with E-state index in [0.29, 0.717) is 0 Å². The lowest BCUT2D eigenvalue weighted by Crippen LogP contribution is -2.50. The van der Waals surface area contributed by atoms with E-state index in [2.05, 4.69) is 20.2 Å². The van der Waals surface area contributed by atoms with Gasteiger partial charge in [-0.25, -0.2) is 4.98 Å². The molecule has 2 N–H and O–H groups in total. The van der Waals surface area contributed by atoms with Crippen molar-refractivity contribution in [3.05, 3.63) is 18.2 Å². The number of hydrogen-bond acceptors (Lipinski definition) is 3. The van der Waals surface area contributed by atoms with Crippen molar-refractivity contribution in [1.82, 2.24) is 20.2 Å². The maximum absolute atomic E-state index is 11.5. The fourth-order valence-corrected chi connectivity index (χ4v) is 1.88. The van der Waals surface area contributed by atoms with Crippen molar-refractivity contribution in [1.29, 1.82) is 0 Å². The molecule has 102 valence electrons. The van der Waals surface area contributed by atoms with Gasteiger partial charge in [0, 0.05) is 38.6 Å². The molecule has 1 aromatic heterocycles. The Morgan fingerprint density at radius 1 is 1.56 bits per heavy atom. The van der Waals surface area contributed by atoms with Crippen molar-refractivity contribution < 1.29 is 4.79 Å². The number of unbranched alkanes of at least 4 members (excludes halogenated alkanes) is 1. The Labute approximate surface area is 114 Å². The van der Waals surface area contributed by atoms with Gasteiger partial charge in [0.25, 0.3) is 0 Å². The quantitative estimate of drug-likeness (QED) is 0.751. The van der Waals surface area contributed by atoms with Crippen molar-refractivity contribution in [3.8, 4) is 0 Å². The van der Waals surface area contributed by atoms with Crippen molar-refractivity contribution >= 4 is 18.3 Å². The highest BCUT2D eigenvalue weighted by atomic mass is 35.5. The van der Waals surface area contributed by atoms with E-state index >= 15 is 0 Å². The number of rotatable bonds is 6. The number of imidazole rings is 1. The molecule has 0 aromatic carbocycles. The molecule has 1 aliphatic rings. The Bertz CT molecular complexity index is 376. The van der Waals surface area contributed by atoms with Gasteiger partial charge in [0.15, 0.2) is 0 Å². The lowest BCUT2D eigenvalue weighted by atomic mass is 10.0. The predicted octanol–water partition coefficient (Wildman–Crippen LogP) is 0.729. The van der Waals surface area contributed by atoms with Crippen LogP contribution in [0.4, 0.5) is 0 Å². The van der Waals surface area contributed by atoms with E-state index in [9.17, 15) is 4.79 Å². The van der Waals surface area contributed by atoms with E-state index in [1.165, 1.54) is 0 Å². The summed E-state index contributed by atoms with van der Waals surface area (Å²) in [5.41, 5.74) is 0. The third-order valence-corrected chi connectivity index (χ3v) is 3.20. The maximum atomic E-state index is 11.5. The summed E-state index contributed by atoms with van der Waals surface area (Å²) in [6.45, 7) is 5.43. The second kappa shape index (κ2) is 7.38. The van der Waals surface area contributed by atoms with Crippen LogP contribution in [0.5, 0.6) is 0 Å². The molecule has 5 nitrogen and oxygen atoms in total. The summed E-state index contributed by atoms with van der Waals surface area (Å²) in [5, 5.41) is 6.07. The Morgan fingerprint density at radius 2 is 2.33 bits per heavy atom. The number of aromatic nitrogens is 2. The number of nitrogens with zero attached hydrogens (tertiary/aromatic N) is 2. The van der Waals surface area contributed by atoms with Crippen LogP contribution in [0.3, 0.4) is 0 Å². The van der Waals surface area contributed by atoms with E-state index in [4.69, 9.17) is 0 Å². The Hall–Kier alpha value is -1.07. The second-order valence-corrected chi connectivity index (χ2v) is 4.52. The topological polar surface area (TPSA) is 59.0 Å². The molecule has 0 spiro atoms. The first-order chi connectivity index (χ1) is 8.27. The molecule has 0 bridgehead atoms.